The van der Waals surface area contributed by atoms with Crippen LogP contribution in [0.5, 0.6) is 5.75 Å². The zero-order chi connectivity index (χ0) is 16.3. The monoisotopic (exact) mass is 301 g/mol. The highest BCUT2D eigenvalue weighted by molar-refractivity contribution is 5.94. The smallest absolute Gasteiger partial charge is 0.251 e. The molecule has 0 saturated carbocycles. The van der Waals surface area contributed by atoms with Gasteiger partial charge in [0.05, 0.1) is 13.2 Å². The molecule has 1 amide bonds. The largest absolute Gasteiger partial charge is 0.494 e. The molecule has 0 radical (unpaired) electrons. The van der Waals surface area contributed by atoms with Gasteiger partial charge in [-0.15, -0.1) is 0 Å². The quantitative estimate of drug-likeness (QED) is 0.929. The first kappa shape index (κ1) is 16.0. The SMILES string of the molecule is COc1ccc([C@H](C)NC(=O)c2ccc(C)c(C)c2)cc1F. The van der Waals surface area contributed by atoms with Crippen LogP contribution in [0.1, 0.15) is 40.0 Å². The number of nitrogens with one attached hydrogen (secondary N) is 1. The van der Waals surface area contributed by atoms with Gasteiger partial charge in [-0.2, -0.15) is 0 Å². The second-order valence-corrected chi connectivity index (χ2v) is 5.39. The van der Waals surface area contributed by atoms with Crippen LogP contribution in [-0.2, 0) is 0 Å². The van der Waals surface area contributed by atoms with Crippen LogP contribution in [0.4, 0.5) is 4.39 Å². The van der Waals surface area contributed by atoms with Crippen molar-refractivity contribution in [3.05, 3.63) is 64.5 Å². The summed E-state index contributed by atoms with van der Waals surface area (Å²) in [5.41, 5.74) is 3.50. The first-order chi connectivity index (χ1) is 10.4. The fourth-order valence-electron chi connectivity index (χ4n) is 2.20. The maximum absolute atomic E-state index is 13.7. The van der Waals surface area contributed by atoms with Gasteiger partial charge in [0, 0.05) is 5.56 Å². The van der Waals surface area contributed by atoms with E-state index in [2.05, 4.69) is 5.32 Å². The number of benzene rings is 2. The van der Waals surface area contributed by atoms with Gasteiger partial charge in [0.1, 0.15) is 0 Å². The van der Waals surface area contributed by atoms with Crippen molar-refractivity contribution in [3.63, 3.8) is 0 Å². The van der Waals surface area contributed by atoms with E-state index in [1.807, 2.05) is 32.9 Å². The highest BCUT2D eigenvalue weighted by Crippen LogP contribution is 2.22. The van der Waals surface area contributed by atoms with E-state index in [-0.39, 0.29) is 17.7 Å². The molecule has 116 valence electrons. The lowest BCUT2D eigenvalue weighted by molar-refractivity contribution is 0.0939. The second-order valence-electron chi connectivity index (χ2n) is 5.39. The number of aryl methyl sites for hydroxylation is 2. The first-order valence-electron chi connectivity index (χ1n) is 7.14. The van der Waals surface area contributed by atoms with Crippen LogP contribution >= 0.6 is 0 Å². The highest BCUT2D eigenvalue weighted by Gasteiger charge is 2.14. The number of carbonyl (C=O) groups is 1. The predicted molar refractivity (Wildman–Crippen MR) is 84.7 cm³/mol. The highest BCUT2D eigenvalue weighted by atomic mass is 19.1. The summed E-state index contributed by atoms with van der Waals surface area (Å²) >= 11 is 0. The Kier molecular flexibility index (Phi) is 4.81. The van der Waals surface area contributed by atoms with Crippen molar-refractivity contribution in [3.8, 4) is 5.75 Å². The molecule has 0 spiro atoms. The molecule has 0 aliphatic heterocycles. The summed E-state index contributed by atoms with van der Waals surface area (Å²) in [5.74, 6) is -0.421. The number of ether oxygens (including phenoxy) is 1. The van der Waals surface area contributed by atoms with Crippen LogP contribution in [0.15, 0.2) is 36.4 Å². The fourth-order valence-corrected chi connectivity index (χ4v) is 2.20. The van der Waals surface area contributed by atoms with Gasteiger partial charge in [-0.25, -0.2) is 4.39 Å². The van der Waals surface area contributed by atoms with Crippen molar-refractivity contribution in [2.24, 2.45) is 0 Å². The zero-order valence-electron chi connectivity index (χ0n) is 13.2. The van der Waals surface area contributed by atoms with Crippen molar-refractivity contribution in [1.82, 2.24) is 5.32 Å². The molecule has 1 atom stereocenters. The van der Waals surface area contributed by atoms with E-state index in [0.29, 0.717) is 11.1 Å². The predicted octanol–water partition coefficient (Wildman–Crippen LogP) is 3.94. The molecule has 2 rings (SSSR count). The topological polar surface area (TPSA) is 38.3 Å². The number of hydrogen-bond donors (Lipinski definition) is 1. The molecule has 3 nitrogen and oxygen atoms in total. The standard InChI is InChI=1S/C18H20FNO2/c1-11-5-6-15(9-12(11)2)18(21)20-13(3)14-7-8-17(22-4)16(19)10-14/h5-10,13H,1-4H3,(H,20,21)/t13-/m0/s1. The Morgan fingerprint density at radius 1 is 1.14 bits per heavy atom. The van der Waals surface area contributed by atoms with Crippen molar-refractivity contribution in [2.45, 2.75) is 26.8 Å². The number of amides is 1. The summed E-state index contributed by atoms with van der Waals surface area (Å²) in [6.45, 7) is 5.79. The molecule has 2 aromatic rings. The van der Waals surface area contributed by atoms with Gasteiger partial charge < -0.3 is 10.1 Å². The number of rotatable bonds is 4. The molecule has 0 aliphatic rings. The molecule has 4 heteroatoms. The van der Waals surface area contributed by atoms with Gasteiger partial charge in [-0.1, -0.05) is 12.1 Å². The van der Waals surface area contributed by atoms with Gasteiger partial charge in [-0.05, 0) is 61.7 Å². The van der Waals surface area contributed by atoms with Crippen LogP contribution < -0.4 is 10.1 Å². The molecule has 0 aliphatic carbocycles. The summed E-state index contributed by atoms with van der Waals surface area (Å²) in [5, 5.41) is 2.88. The summed E-state index contributed by atoms with van der Waals surface area (Å²) < 4.78 is 18.6. The Labute approximate surface area is 130 Å². The summed E-state index contributed by atoms with van der Waals surface area (Å²) in [6.07, 6.45) is 0. The molecule has 0 aromatic heterocycles. The molecule has 2 aromatic carbocycles. The lowest BCUT2D eigenvalue weighted by Crippen LogP contribution is -2.26. The number of hydrogen-bond acceptors (Lipinski definition) is 2. The minimum Gasteiger partial charge on any atom is -0.494 e. The molecular formula is C18H20FNO2. The number of methoxy groups -OCH3 is 1. The molecule has 0 fully saturated rings. The summed E-state index contributed by atoms with van der Waals surface area (Å²) in [7, 11) is 1.42. The Morgan fingerprint density at radius 2 is 1.86 bits per heavy atom. The fraction of sp³-hybridized carbons (Fsp3) is 0.278. The lowest BCUT2D eigenvalue weighted by atomic mass is 10.0. The van der Waals surface area contributed by atoms with E-state index in [1.165, 1.54) is 13.2 Å². The molecular weight excluding hydrogens is 281 g/mol. The van der Waals surface area contributed by atoms with Crippen LogP contribution in [0, 0.1) is 19.7 Å². The van der Waals surface area contributed by atoms with Gasteiger partial charge in [0.15, 0.2) is 11.6 Å². The van der Waals surface area contributed by atoms with E-state index < -0.39 is 5.82 Å². The molecule has 0 heterocycles. The second kappa shape index (κ2) is 6.60. The molecule has 0 saturated heterocycles. The third kappa shape index (κ3) is 3.45. The van der Waals surface area contributed by atoms with Gasteiger partial charge >= 0.3 is 0 Å². The minimum atomic E-state index is -0.438. The molecule has 0 bridgehead atoms. The molecule has 1 N–H and O–H groups in total. The molecule has 22 heavy (non-hydrogen) atoms. The third-order valence-corrected chi connectivity index (χ3v) is 3.79. The van der Waals surface area contributed by atoms with E-state index in [4.69, 9.17) is 4.74 Å². The van der Waals surface area contributed by atoms with Crippen LogP contribution in [0.3, 0.4) is 0 Å². The van der Waals surface area contributed by atoms with Crippen molar-refractivity contribution in [2.75, 3.05) is 7.11 Å². The zero-order valence-corrected chi connectivity index (χ0v) is 13.2. The average Bonchev–Trinajstić information content (AvgIpc) is 2.49. The van der Waals surface area contributed by atoms with E-state index in [9.17, 15) is 9.18 Å². The van der Waals surface area contributed by atoms with Crippen LogP contribution in [-0.4, -0.2) is 13.0 Å². The maximum Gasteiger partial charge on any atom is 0.251 e. The summed E-state index contributed by atoms with van der Waals surface area (Å²) in [4.78, 5) is 12.3. The van der Waals surface area contributed by atoms with E-state index in [0.717, 1.165) is 11.1 Å². The van der Waals surface area contributed by atoms with Gasteiger partial charge in [0.2, 0.25) is 0 Å². The van der Waals surface area contributed by atoms with Crippen molar-refractivity contribution >= 4 is 5.91 Å². The first-order valence-corrected chi connectivity index (χ1v) is 7.14. The van der Waals surface area contributed by atoms with Gasteiger partial charge in [0.25, 0.3) is 5.91 Å². The summed E-state index contributed by atoms with van der Waals surface area (Å²) in [6, 6.07) is 9.95. The number of halogens is 1. The Morgan fingerprint density at radius 3 is 2.45 bits per heavy atom. The normalized spacial score (nSPS) is 11.9. The van der Waals surface area contributed by atoms with Crippen molar-refractivity contribution < 1.29 is 13.9 Å². The maximum atomic E-state index is 13.7. The van der Waals surface area contributed by atoms with Crippen molar-refractivity contribution in [1.29, 1.82) is 0 Å². The third-order valence-electron chi connectivity index (χ3n) is 3.79. The number of carbonyl (C=O) groups excluding carboxylic acids is 1. The molecule has 0 unspecified atom stereocenters. The lowest BCUT2D eigenvalue weighted by Gasteiger charge is -2.15. The minimum absolute atomic E-state index is 0.174. The average molecular weight is 301 g/mol. The van der Waals surface area contributed by atoms with Crippen LogP contribution in [0.25, 0.3) is 0 Å². The Hall–Kier alpha value is -2.36. The van der Waals surface area contributed by atoms with E-state index >= 15 is 0 Å². The van der Waals surface area contributed by atoms with E-state index in [1.54, 1.807) is 18.2 Å². The Bertz CT molecular complexity index is 697. The van der Waals surface area contributed by atoms with Gasteiger partial charge in [-0.3, -0.25) is 4.79 Å². The Balaban J connectivity index is 2.13. The van der Waals surface area contributed by atoms with Crippen LogP contribution in [0.2, 0.25) is 0 Å².